The summed E-state index contributed by atoms with van der Waals surface area (Å²) < 4.78 is 5.88. The molecule has 0 bridgehead atoms. The fourth-order valence-electron chi connectivity index (χ4n) is 2.40. The molecule has 0 saturated heterocycles. The van der Waals surface area contributed by atoms with Crippen LogP contribution in [0, 0.1) is 0 Å². The van der Waals surface area contributed by atoms with E-state index < -0.39 is 5.91 Å². The zero-order valence-corrected chi connectivity index (χ0v) is 11.3. The molecule has 0 aromatic heterocycles. The highest BCUT2D eigenvalue weighted by Gasteiger charge is 2.31. The van der Waals surface area contributed by atoms with Crippen LogP contribution in [-0.2, 0) is 15.1 Å². The van der Waals surface area contributed by atoms with E-state index >= 15 is 0 Å². The van der Waals surface area contributed by atoms with Gasteiger partial charge in [0, 0.05) is 0 Å². The Hall–Kier alpha value is -1.35. The number of carbonyl (C=O) groups excluding carboxylic acids is 1. The average Bonchev–Trinajstić information content (AvgIpc) is 2.37. The number of ether oxygens (including phenoxy) is 1. The Balaban J connectivity index is 2.99. The van der Waals surface area contributed by atoms with Gasteiger partial charge in [0.05, 0.1) is 5.60 Å². The lowest BCUT2D eigenvalue weighted by molar-refractivity contribution is -0.132. The third-order valence-electron chi connectivity index (χ3n) is 3.10. The zero-order valence-electron chi connectivity index (χ0n) is 11.3. The van der Waals surface area contributed by atoms with Crippen molar-refractivity contribution in [3.63, 3.8) is 0 Å². The van der Waals surface area contributed by atoms with Crippen LogP contribution < -0.4 is 5.73 Å². The molecule has 0 saturated carbocycles. The number of hydrogen-bond donors (Lipinski definition) is 1. The van der Waals surface area contributed by atoms with Crippen LogP contribution in [0.15, 0.2) is 30.3 Å². The zero-order chi connectivity index (χ0) is 13.4. The Labute approximate surface area is 109 Å². The van der Waals surface area contributed by atoms with Gasteiger partial charge in [-0.15, -0.1) is 0 Å². The van der Waals surface area contributed by atoms with E-state index in [1.54, 1.807) is 0 Å². The molecule has 1 amide bonds. The van der Waals surface area contributed by atoms with Crippen LogP contribution in [-0.4, -0.2) is 12.5 Å². The maximum Gasteiger partial charge on any atom is 0.243 e. The Morgan fingerprint density at radius 3 is 2.17 bits per heavy atom. The molecule has 3 nitrogen and oxygen atoms in total. The van der Waals surface area contributed by atoms with Gasteiger partial charge in [-0.1, -0.05) is 57.0 Å². The van der Waals surface area contributed by atoms with Gasteiger partial charge in [-0.2, -0.15) is 0 Å². The van der Waals surface area contributed by atoms with Gasteiger partial charge < -0.3 is 10.5 Å². The van der Waals surface area contributed by atoms with E-state index in [-0.39, 0.29) is 12.2 Å². The van der Waals surface area contributed by atoms with E-state index in [1.165, 1.54) is 0 Å². The van der Waals surface area contributed by atoms with Crippen LogP contribution >= 0.6 is 0 Å². The summed E-state index contributed by atoms with van der Waals surface area (Å²) in [5.41, 5.74) is 5.97. The number of hydrogen-bond acceptors (Lipinski definition) is 2. The molecule has 3 heteroatoms. The van der Waals surface area contributed by atoms with Crippen molar-refractivity contribution in [1.82, 2.24) is 0 Å². The first-order valence-corrected chi connectivity index (χ1v) is 6.62. The smallest absolute Gasteiger partial charge is 0.243 e. The molecular formula is C15H23NO2. The first-order valence-electron chi connectivity index (χ1n) is 6.62. The fourth-order valence-corrected chi connectivity index (χ4v) is 2.40. The van der Waals surface area contributed by atoms with Gasteiger partial charge in [0.1, 0.15) is 6.61 Å². The van der Waals surface area contributed by atoms with Crippen molar-refractivity contribution in [1.29, 1.82) is 0 Å². The number of benzene rings is 1. The van der Waals surface area contributed by atoms with Crippen LogP contribution in [0.25, 0.3) is 0 Å². The summed E-state index contributed by atoms with van der Waals surface area (Å²) in [7, 11) is 0. The molecule has 18 heavy (non-hydrogen) atoms. The van der Waals surface area contributed by atoms with Gasteiger partial charge in [0.15, 0.2) is 0 Å². The summed E-state index contributed by atoms with van der Waals surface area (Å²) in [5, 5.41) is 0. The minimum absolute atomic E-state index is 0.0190. The lowest BCUT2D eigenvalue weighted by Crippen LogP contribution is -2.33. The first kappa shape index (κ1) is 14.7. The molecular weight excluding hydrogens is 226 g/mol. The summed E-state index contributed by atoms with van der Waals surface area (Å²) in [6, 6.07) is 10.1. The van der Waals surface area contributed by atoms with Crippen molar-refractivity contribution < 1.29 is 9.53 Å². The lowest BCUT2D eigenvalue weighted by atomic mass is 9.85. The Kier molecular flexibility index (Phi) is 5.86. The van der Waals surface area contributed by atoms with E-state index in [2.05, 4.69) is 26.0 Å². The molecule has 1 aromatic rings. The van der Waals surface area contributed by atoms with Crippen molar-refractivity contribution in [3.05, 3.63) is 35.9 Å². The third kappa shape index (κ3) is 3.84. The molecule has 2 N–H and O–H groups in total. The topological polar surface area (TPSA) is 52.3 Å². The molecule has 1 rings (SSSR count). The molecule has 1 aromatic carbocycles. The molecule has 0 unspecified atom stereocenters. The summed E-state index contributed by atoms with van der Waals surface area (Å²) in [6.07, 6.45) is 3.82. The van der Waals surface area contributed by atoms with Crippen LogP contribution in [0.3, 0.4) is 0 Å². The standard InChI is InChI=1S/C15H23NO2/c1-3-10-15(11-4-2,18-12-14(16)17)13-8-6-5-7-9-13/h5-9H,3-4,10-12H2,1-2H3,(H2,16,17). The van der Waals surface area contributed by atoms with Gasteiger partial charge in [-0.25, -0.2) is 0 Å². The van der Waals surface area contributed by atoms with Crippen LogP contribution in [0.5, 0.6) is 0 Å². The van der Waals surface area contributed by atoms with E-state index in [0.29, 0.717) is 0 Å². The number of nitrogens with two attached hydrogens (primary N) is 1. The van der Waals surface area contributed by atoms with Crippen molar-refractivity contribution in [2.45, 2.75) is 45.1 Å². The molecule has 0 aliphatic heterocycles. The second-order valence-corrected chi connectivity index (χ2v) is 4.62. The molecule has 0 spiro atoms. The molecule has 0 aliphatic carbocycles. The molecule has 0 radical (unpaired) electrons. The largest absolute Gasteiger partial charge is 0.368 e. The summed E-state index contributed by atoms with van der Waals surface area (Å²) in [6.45, 7) is 4.23. The molecule has 0 heterocycles. The minimum Gasteiger partial charge on any atom is -0.368 e. The van der Waals surface area contributed by atoms with Crippen LogP contribution in [0.4, 0.5) is 0 Å². The monoisotopic (exact) mass is 249 g/mol. The quantitative estimate of drug-likeness (QED) is 0.770. The minimum atomic E-state index is -0.414. The highest BCUT2D eigenvalue weighted by atomic mass is 16.5. The maximum atomic E-state index is 11.0. The maximum absolute atomic E-state index is 11.0. The highest BCUT2D eigenvalue weighted by molar-refractivity contribution is 5.75. The SMILES string of the molecule is CCCC(CCC)(OCC(N)=O)c1ccccc1. The fraction of sp³-hybridized carbons (Fsp3) is 0.533. The summed E-state index contributed by atoms with van der Waals surface area (Å²) in [5.74, 6) is -0.414. The Bertz CT molecular complexity index is 356. The summed E-state index contributed by atoms with van der Waals surface area (Å²) in [4.78, 5) is 11.0. The number of primary amides is 1. The van der Waals surface area contributed by atoms with Gasteiger partial charge in [-0.3, -0.25) is 4.79 Å². The van der Waals surface area contributed by atoms with Crippen molar-refractivity contribution in [2.75, 3.05) is 6.61 Å². The van der Waals surface area contributed by atoms with E-state index in [0.717, 1.165) is 31.2 Å². The van der Waals surface area contributed by atoms with Gasteiger partial charge in [0.2, 0.25) is 5.91 Å². The molecule has 0 fully saturated rings. The summed E-state index contributed by atoms with van der Waals surface area (Å²) >= 11 is 0. The van der Waals surface area contributed by atoms with Crippen molar-refractivity contribution in [3.8, 4) is 0 Å². The second-order valence-electron chi connectivity index (χ2n) is 4.62. The van der Waals surface area contributed by atoms with Crippen molar-refractivity contribution >= 4 is 5.91 Å². The molecule has 100 valence electrons. The predicted molar refractivity (Wildman–Crippen MR) is 73.1 cm³/mol. The van der Waals surface area contributed by atoms with Crippen LogP contribution in [0.1, 0.15) is 45.1 Å². The average molecular weight is 249 g/mol. The Morgan fingerprint density at radius 1 is 1.17 bits per heavy atom. The van der Waals surface area contributed by atoms with Crippen molar-refractivity contribution in [2.24, 2.45) is 5.73 Å². The number of amides is 1. The third-order valence-corrected chi connectivity index (χ3v) is 3.10. The van der Waals surface area contributed by atoms with Gasteiger partial charge >= 0.3 is 0 Å². The van der Waals surface area contributed by atoms with E-state index in [1.807, 2.05) is 18.2 Å². The normalized spacial score (nSPS) is 11.4. The number of carbonyl (C=O) groups is 1. The Morgan fingerprint density at radius 2 is 1.72 bits per heavy atom. The molecule has 0 atom stereocenters. The van der Waals surface area contributed by atoms with Gasteiger partial charge in [0.25, 0.3) is 0 Å². The first-order chi connectivity index (χ1) is 8.64. The van der Waals surface area contributed by atoms with Gasteiger partial charge in [-0.05, 0) is 18.4 Å². The van der Waals surface area contributed by atoms with E-state index in [9.17, 15) is 4.79 Å². The highest BCUT2D eigenvalue weighted by Crippen LogP contribution is 2.35. The van der Waals surface area contributed by atoms with E-state index in [4.69, 9.17) is 10.5 Å². The second kappa shape index (κ2) is 7.17. The molecule has 0 aliphatic rings. The number of rotatable bonds is 8. The lowest BCUT2D eigenvalue weighted by Gasteiger charge is -2.34. The van der Waals surface area contributed by atoms with Crippen LogP contribution in [0.2, 0.25) is 0 Å². The predicted octanol–water partition coefficient (Wildman–Crippen LogP) is 2.98.